The Kier molecular flexibility index (Phi) is 0.718. The van der Waals surface area contributed by atoms with Gasteiger partial charge in [-0.15, -0.1) is 0 Å². The first-order valence-electron chi connectivity index (χ1n) is 1.94. The summed E-state index contributed by atoms with van der Waals surface area (Å²) in [5.41, 5.74) is 2.28. The second kappa shape index (κ2) is 1.30. The molecule has 0 rings (SSSR count). The van der Waals surface area contributed by atoms with Crippen molar-refractivity contribution in [2.45, 2.75) is 19.9 Å². The van der Waals surface area contributed by atoms with E-state index >= 15 is 0 Å². The first-order chi connectivity index (χ1) is 2.27. The van der Waals surface area contributed by atoms with E-state index in [4.69, 9.17) is 1.41 Å². The zero-order valence-electron chi connectivity index (χ0n) is 4.08. The maximum atomic E-state index is 6.41. The van der Waals surface area contributed by atoms with Crippen LogP contribution in [0.15, 0.2) is 0 Å². The minimum absolute atomic E-state index is 0.301. The van der Waals surface area contributed by atoms with Crippen LogP contribution in [-0.4, -0.2) is 6.04 Å². The zero-order chi connectivity index (χ0) is 4.28. The van der Waals surface area contributed by atoms with Gasteiger partial charge in [0.25, 0.3) is 0 Å². The maximum Gasteiger partial charge on any atom is 0.119 e. The highest BCUT2D eigenvalue weighted by Crippen LogP contribution is 1.58. The summed E-state index contributed by atoms with van der Waals surface area (Å²) in [6.45, 7) is 3.85. The largest absolute Gasteiger partial charge is 0.328 e. The molecule has 4 heavy (non-hydrogen) atoms. The standard InChI is InChI=1S/C3H9N/c1-3(2)4/h3H,4H2,1-2H3/i/hT. The molecule has 0 aromatic carbocycles. The summed E-state index contributed by atoms with van der Waals surface area (Å²) in [6.07, 6.45) is 0. The topological polar surface area (TPSA) is 26.0 Å². The molecule has 0 fully saturated rings. The van der Waals surface area contributed by atoms with Crippen molar-refractivity contribution in [2.24, 2.45) is 5.73 Å². The third kappa shape index (κ3) is 1130. The van der Waals surface area contributed by atoms with E-state index < -0.39 is 0 Å². The molecule has 0 aliphatic heterocycles. The van der Waals surface area contributed by atoms with Crippen LogP contribution in [0.1, 0.15) is 13.8 Å². The molecule has 0 aromatic rings. The number of nitrogens with two attached hydrogens (primary N) is 1. The van der Waals surface area contributed by atoms with Gasteiger partial charge in [-0.2, -0.15) is 0 Å². The van der Waals surface area contributed by atoms with E-state index in [2.05, 4.69) is 5.73 Å². The number of rotatable bonds is 1. The Hall–Kier alpha value is -0.0400. The van der Waals surface area contributed by atoms with Gasteiger partial charge in [-0.3, -0.25) is 0 Å². The molecule has 0 atom stereocenters. The van der Waals surface area contributed by atoms with Crippen LogP contribution in [0.5, 0.6) is 0 Å². The minimum atomic E-state index is 0.301. The summed E-state index contributed by atoms with van der Waals surface area (Å²) in [7, 11) is 0. The lowest BCUT2D eigenvalue weighted by Crippen LogP contribution is -2.06. The summed E-state index contributed by atoms with van der Waals surface area (Å²) in [6, 6.07) is 0.301. The Balaban J connectivity index is 2.54. The van der Waals surface area contributed by atoms with E-state index in [1.54, 1.807) is 0 Å². The fourth-order valence-electron chi connectivity index (χ4n) is 0. The van der Waals surface area contributed by atoms with Crippen molar-refractivity contribution in [1.29, 1.82) is 0 Å². The molecule has 0 saturated carbocycles. The van der Waals surface area contributed by atoms with Crippen LogP contribution in [0.3, 0.4) is 0 Å². The van der Waals surface area contributed by atoms with Crippen molar-refractivity contribution in [1.82, 2.24) is 0 Å². The first kappa shape index (κ1) is 2.21. The predicted molar refractivity (Wildman–Crippen MR) is 19.3 cm³/mol. The van der Waals surface area contributed by atoms with Gasteiger partial charge in [0.05, 0.1) is 0 Å². The average Bonchev–Trinajstić information content (AvgIpc) is 1.38. The molecule has 0 aliphatic rings. The highest BCUT2D eigenvalue weighted by molar-refractivity contribution is 4.32. The van der Waals surface area contributed by atoms with Gasteiger partial charge in [0, 0.05) is 0 Å². The molecule has 0 amide bonds. The van der Waals surface area contributed by atoms with Crippen molar-refractivity contribution in [2.75, 3.05) is 0 Å². The van der Waals surface area contributed by atoms with Gasteiger partial charge in [-0.1, -0.05) is 13.8 Å². The molecule has 0 spiro atoms. The van der Waals surface area contributed by atoms with E-state index in [9.17, 15) is 0 Å². The van der Waals surface area contributed by atoms with Crippen molar-refractivity contribution >= 4 is 0 Å². The molecule has 2 N–H and O–H groups in total. The van der Waals surface area contributed by atoms with Crippen LogP contribution in [0.25, 0.3) is 0 Å². The Labute approximate surface area is 28.3 Å². The molecule has 0 aliphatic carbocycles. The summed E-state index contributed by atoms with van der Waals surface area (Å²) in [4.78, 5) is 0. The third-order valence-electron chi connectivity index (χ3n) is 0. The zero-order valence-corrected chi connectivity index (χ0v) is 3.08. The number of hydrogen-bond donors (Lipinski definition) is 1. The molecule has 0 bridgehead atoms. The smallest absolute Gasteiger partial charge is 0.119 e. The van der Waals surface area contributed by atoms with Gasteiger partial charge >= 0.3 is 0 Å². The van der Waals surface area contributed by atoms with Gasteiger partial charge in [-0.05, 0) is 6.04 Å². The molecule has 0 heterocycles. The molecule has 1 heteroatoms. The molecule has 1 nitrogen and oxygen atoms in total. The molecule has 0 aromatic heterocycles. The molecular formula is C3H9N. The second-order valence-corrected chi connectivity index (χ2v) is 1.15. The normalized spacial score (nSPS) is 12.2. The van der Waals surface area contributed by atoms with Crippen LogP contribution in [0, 0.1) is 0 Å². The van der Waals surface area contributed by atoms with E-state index in [1.807, 2.05) is 13.8 Å². The number of hydrogen-bond acceptors (Lipinski definition) is 1. The van der Waals surface area contributed by atoms with E-state index in [0.29, 0.717) is 6.04 Å². The van der Waals surface area contributed by atoms with E-state index in [0.717, 1.165) is 0 Å². The fraction of sp³-hybridized carbons (Fsp3) is 1.00. The van der Waals surface area contributed by atoms with Gasteiger partial charge in [0.1, 0.15) is 1.41 Å². The highest BCUT2D eigenvalue weighted by atomic mass is 14.6. The molecule has 0 saturated heterocycles. The Morgan fingerprint density at radius 2 is 2.25 bits per heavy atom. The SMILES string of the molecule is [3H]NC(C)C. The van der Waals surface area contributed by atoms with Gasteiger partial charge < -0.3 is 5.73 Å². The van der Waals surface area contributed by atoms with E-state index in [1.165, 1.54) is 0 Å². The first-order valence-corrected chi connectivity index (χ1v) is 1.44. The fourth-order valence-corrected chi connectivity index (χ4v) is 0. The van der Waals surface area contributed by atoms with Crippen molar-refractivity contribution < 1.29 is 1.41 Å². The summed E-state index contributed by atoms with van der Waals surface area (Å²) in [5.74, 6) is 0. The van der Waals surface area contributed by atoms with Gasteiger partial charge in [-0.25, -0.2) is 0 Å². The molecular weight excluding hydrogens is 50.0 g/mol. The highest BCUT2D eigenvalue weighted by Gasteiger charge is 1.67. The van der Waals surface area contributed by atoms with Crippen molar-refractivity contribution in [3.8, 4) is 0 Å². The van der Waals surface area contributed by atoms with Crippen molar-refractivity contribution in [3.05, 3.63) is 0 Å². The lowest BCUT2D eigenvalue weighted by atomic mass is 10.5. The Morgan fingerprint density at radius 1 is 2.00 bits per heavy atom. The summed E-state index contributed by atoms with van der Waals surface area (Å²) < 4.78 is 6.41. The average molecular weight is 61.1 g/mol. The van der Waals surface area contributed by atoms with Crippen LogP contribution in [0.2, 0.25) is 1.41 Å². The summed E-state index contributed by atoms with van der Waals surface area (Å²) in [5, 5.41) is 0. The lowest BCUT2D eigenvalue weighted by Gasteiger charge is -1.81. The quantitative estimate of drug-likeness (QED) is 0.465. The Morgan fingerprint density at radius 3 is 2.25 bits per heavy atom. The second-order valence-electron chi connectivity index (χ2n) is 1.15. The van der Waals surface area contributed by atoms with Gasteiger partial charge in [0.2, 0.25) is 0 Å². The monoisotopic (exact) mass is 61.1 g/mol. The van der Waals surface area contributed by atoms with Crippen LogP contribution in [0.4, 0.5) is 0 Å². The molecule has 26 valence electrons. The van der Waals surface area contributed by atoms with Crippen molar-refractivity contribution in [3.63, 3.8) is 0 Å². The minimum Gasteiger partial charge on any atom is -0.328 e. The maximum absolute atomic E-state index is 6.41. The van der Waals surface area contributed by atoms with Gasteiger partial charge in [0.15, 0.2) is 0 Å². The molecule has 0 radical (unpaired) electrons. The van der Waals surface area contributed by atoms with E-state index in [-0.39, 0.29) is 0 Å². The molecule has 0 unspecified atom stereocenters. The Bertz CT molecular complexity index is 20.9. The van der Waals surface area contributed by atoms with Crippen LogP contribution >= 0.6 is 0 Å². The van der Waals surface area contributed by atoms with Crippen LogP contribution < -0.4 is 5.73 Å². The third-order valence-corrected chi connectivity index (χ3v) is 0. The lowest BCUT2D eigenvalue weighted by molar-refractivity contribution is 0.834. The predicted octanol–water partition coefficient (Wildman–Crippen LogP) is 0.353. The van der Waals surface area contributed by atoms with Crippen LogP contribution in [-0.2, 0) is 0 Å². The summed E-state index contributed by atoms with van der Waals surface area (Å²) >= 11 is 0.